The van der Waals surface area contributed by atoms with Gasteiger partial charge in [-0.05, 0) is 24.8 Å². The predicted molar refractivity (Wildman–Crippen MR) is 76.6 cm³/mol. The number of rotatable bonds is 7. The maximum absolute atomic E-state index is 12.1. The zero-order chi connectivity index (χ0) is 13.6. The van der Waals surface area contributed by atoms with Crippen LogP contribution in [0.25, 0.3) is 0 Å². The summed E-state index contributed by atoms with van der Waals surface area (Å²) in [7, 11) is -1.87. The third kappa shape index (κ3) is 4.15. The second-order valence-electron chi connectivity index (χ2n) is 3.84. The van der Waals surface area contributed by atoms with Crippen molar-refractivity contribution in [2.24, 2.45) is 0 Å². The summed E-state index contributed by atoms with van der Waals surface area (Å²) in [5.41, 5.74) is 0.503. The largest absolute Gasteiger partial charge is 0.386 e. The molecule has 1 heterocycles. The molecule has 1 aromatic heterocycles. The number of aromatic nitrogens is 1. The van der Waals surface area contributed by atoms with Crippen molar-refractivity contribution in [3.8, 4) is 0 Å². The molecule has 1 atom stereocenters. The Morgan fingerprint density at radius 2 is 2.22 bits per heavy atom. The van der Waals surface area contributed by atoms with Crippen molar-refractivity contribution in [2.75, 3.05) is 25.2 Å². The van der Waals surface area contributed by atoms with Crippen LogP contribution in [0.15, 0.2) is 23.4 Å². The molecule has 18 heavy (non-hydrogen) atoms. The number of sulfonamides is 1. The minimum Gasteiger partial charge on any atom is -0.386 e. The summed E-state index contributed by atoms with van der Waals surface area (Å²) in [5.74, 6) is 0. The van der Waals surface area contributed by atoms with Crippen LogP contribution in [0.2, 0.25) is 0 Å². The smallest absolute Gasteiger partial charge is 0.260 e. The van der Waals surface area contributed by atoms with E-state index in [1.807, 2.05) is 6.26 Å². The van der Waals surface area contributed by atoms with Crippen LogP contribution in [-0.2, 0) is 10.0 Å². The van der Waals surface area contributed by atoms with Gasteiger partial charge in [0.15, 0.2) is 5.03 Å². The van der Waals surface area contributed by atoms with E-state index in [1.54, 1.807) is 30.9 Å². The molecule has 7 heteroatoms. The van der Waals surface area contributed by atoms with Crippen LogP contribution < -0.4 is 10.0 Å². The minimum absolute atomic E-state index is 0.0457. The van der Waals surface area contributed by atoms with E-state index in [0.717, 1.165) is 6.42 Å². The van der Waals surface area contributed by atoms with E-state index in [4.69, 9.17) is 0 Å². The number of hydrogen-bond donors (Lipinski definition) is 2. The molecule has 0 saturated heterocycles. The third-order valence-electron chi connectivity index (χ3n) is 2.54. The monoisotopic (exact) mass is 289 g/mol. The molecule has 0 spiro atoms. The summed E-state index contributed by atoms with van der Waals surface area (Å²) < 4.78 is 26.7. The average Bonchev–Trinajstić information content (AvgIpc) is 2.38. The topological polar surface area (TPSA) is 71.1 Å². The van der Waals surface area contributed by atoms with Gasteiger partial charge >= 0.3 is 0 Å². The van der Waals surface area contributed by atoms with Crippen molar-refractivity contribution in [1.29, 1.82) is 0 Å². The van der Waals surface area contributed by atoms with Crippen LogP contribution in [0.3, 0.4) is 0 Å². The fourth-order valence-corrected chi connectivity index (χ4v) is 2.91. The molecule has 0 aliphatic rings. The molecule has 0 aromatic carbocycles. The van der Waals surface area contributed by atoms with E-state index in [9.17, 15) is 8.42 Å². The van der Waals surface area contributed by atoms with Gasteiger partial charge in [-0.3, -0.25) is 0 Å². The third-order valence-corrected chi connectivity index (χ3v) is 5.00. The molecule has 0 amide bonds. The van der Waals surface area contributed by atoms with E-state index in [1.165, 1.54) is 6.20 Å². The second kappa shape index (κ2) is 6.96. The van der Waals surface area contributed by atoms with Crippen LogP contribution in [0.4, 0.5) is 5.69 Å². The molecular formula is C11H19N3O2S2. The lowest BCUT2D eigenvalue weighted by Gasteiger charge is -2.11. The highest BCUT2D eigenvalue weighted by Crippen LogP contribution is 2.17. The number of hydrogen-bond acceptors (Lipinski definition) is 5. The summed E-state index contributed by atoms with van der Waals surface area (Å²) in [5, 5.41) is 3.30. The molecule has 1 rings (SSSR count). The van der Waals surface area contributed by atoms with Crippen molar-refractivity contribution in [1.82, 2.24) is 9.71 Å². The molecule has 1 unspecified atom stereocenters. The number of thioether (sulfide) groups is 1. The van der Waals surface area contributed by atoms with E-state index in [2.05, 4.69) is 21.9 Å². The first-order valence-electron chi connectivity index (χ1n) is 5.66. The standard InChI is InChI=1S/C11H19N3O2S2/c1-9(17-3)6-8-14-18(15,16)11-10(12-2)5-4-7-13-11/h4-5,7,9,12,14H,6,8H2,1-3H3. The zero-order valence-electron chi connectivity index (χ0n) is 10.8. The van der Waals surface area contributed by atoms with E-state index in [-0.39, 0.29) is 5.03 Å². The predicted octanol–water partition coefficient (Wildman–Crippen LogP) is 1.54. The Balaban J connectivity index is 2.74. The van der Waals surface area contributed by atoms with Crippen molar-refractivity contribution in [3.05, 3.63) is 18.3 Å². The Bertz CT molecular complexity index is 477. The molecule has 0 aliphatic carbocycles. The number of pyridine rings is 1. The normalized spacial score (nSPS) is 13.3. The summed E-state index contributed by atoms with van der Waals surface area (Å²) in [6.07, 6.45) is 4.28. The maximum atomic E-state index is 12.1. The second-order valence-corrected chi connectivity index (χ2v) is 6.80. The Kier molecular flexibility index (Phi) is 5.90. The van der Waals surface area contributed by atoms with Crippen LogP contribution in [0, 0.1) is 0 Å². The molecule has 0 fully saturated rings. The first-order chi connectivity index (χ1) is 8.51. The SMILES string of the molecule is CNc1cccnc1S(=O)(=O)NCCC(C)SC. The van der Waals surface area contributed by atoms with Crippen LogP contribution in [-0.4, -0.2) is 38.5 Å². The van der Waals surface area contributed by atoms with Gasteiger partial charge in [0.1, 0.15) is 0 Å². The number of nitrogens with one attached hydrogen (secondary N) is 2. The summed E-state index contributed by atoms with van der Waals surface area (Å²) in [6.45, 7) is 2.49. The Morgan fingerprint density at radius 1 is 1.50 bits per heavy atom. The van der Waals surface area contributed by atoms with Crippen molar-refractivity contribution in [2.45, 2.75) is 23.6 Å². The molecule has 102 valence electrons. The van der Waals surface area contributed by atoms with Gasteiger partial charge in [-0.25, -0.2) is 18.1 Å². The summed E-state index contributed by atoms with van der Waals surface area (Å²) in [6, 6.07) is 3.38. The fourth-order valence-electron chi connectivity index (χ4n) is 1.38. The van der Waals surface area contributed by atoms with E-state index >= 15 is 0 Å². The molecule has 2 N–H and O–H groups in total. The van der Waals surface area contributed by atoms with Crippen molar-refractivity contribution >= 4 is 27.5 Å². The molecule has 5 nitrogen and oxygen atoms in total. The Labute approximate surface area is 113 Å². The molecular weight excluding hydrogens is 270 g/mol. The number of nitrogens with zero attached hydrogens (tertiary/aromatic N) is 1. The molecule has 0 saturated carbocycles. The quantitative estimate of drug-likeness (QED) is 0.797. The Hall–Kier alpha value is -0.790. The van der Waals surface area contributed by atoms with Gasteiger partial charge in [0.2, 0.25) is 0 Å². The van der Waals surface area contributed by atoms with Gasteiger partial charge in [0.05, 0.1) is 5.69 Å². The van der Waals surface area contributed by atoms with Crippen LogP contribution in [0.5, 0.6) is 0 Å². The lowest BCUT2D eigenvalue weighted by molar-refractivity contribution is 0.575. The molecule has 0 radical (unpaired) electrons. The van der Waals surface area contributed by atoms with Crippen molar-refractivity contribution < 1.29 is 8.42 Å². The average molecular weight is 289 g/mol. The molecule has 0 aliphatic heterocycles. The van der Waals surface area contributed by atoms with Gasteiger partial charge < -0.3 is 5.32 Å². The minimum atomic E-state index is -3.54. The fraction of sp³-hybridized carbons (Fsp3) is 0.545. The summed E-state index contributed by atoms with van der Waals surface area (Å²) in [4.78, 5) is 3.92. The lowest BCUT2D eigenvalue weighted by Crippen LogP contribution is -2.27. The summed E-state index contributed by atoms with van der Waals surface area (Å²) >= 11 is 1.72. The van der Waals surface area contributed by atoms with Crippen LogP contribution >= 0.6 is 11.8 Å². The van der Waals surface area contributed by atoms with Gasteiger partial charge in [-0.15, -0.1) is 0 Å². The maximum Gasteiger partial charge on any atom is 0.260 e. The van der Waals surface area contributed by atoms with Gasteiger partial charge in [-0.1, -0.05) is 6.92 Å². The Morgan fingerprint density at radius 3 is 2.83 bits per heavy atom. The van der Waals surface area contributed by atoms with Gasteiger partial charge in [0.25, 0.3) is 10.0 Å². The van der Waals surface area contributed by atoms with Gasteiger partial charge in [0, 0.05) is 25.0 Å². The zero-order valence-corrected chi connectivity index (χ0v) is 12.4. The van der Waals surface area contributed by atoms with E-state index in [0.29, 0.717) is 17.5 Å². The number of anilines is 1. The lowest BCUT2D eigenvalue weighted by atomic mass is 10.3. The first-order valence-corrected chi connectivity index (χ1v) is 8.43. The first kappa shape index (κ1) is 15.3. The van der Waals surface area contributed by atoms with Crippen molar-refractivity contribution in [3.63, 3.8) is 0 Å². The van der Waals surface area contributed by atoms with E-state index < -0.39 is 10.0 Å². The highest BCUT2D eigenvalue weighted by atomic mass is 32.2. The van der Waals surface area contributed by atoms with Crippen LogP contribution in [0.1, 0.15) is 13.3 Å². The molecule has 1 aromatic rings. The highest BCUT2D eigenvalue weighted by molar-refractivity contribution is 7.99. The molecule has 0 bridgehead atoms. The highest BCUT2D eigenvalue weighted by Gasteiger charge is 2.19. The van der Waals surface area contributed by atoms with Gasteiger partial charge in [-0.2, -0.15) is 11.8 Å².